The van der Waals surface area contributed by atoms with Crippen molar-refractivity contribution in [3.63, 3.8) is 0 Å². The molecule has 0 saturated heterocycles. The number of hydrogen-bond acceptors (Lipinski definition) is 3. The second kappa shape index (κ2) is 8.93. The first kappa shape index (κ1) is 16.9. The van der Waals surface area contributed by atoms with Crippen LogP contribution in [0.4, 0.5) is 0 Å². The topological polar surface area (TPSA) is 30.5 Å². The van der Waals surface area contributed by atoms with Crippen molar-refractivity contribution in [2.45, 2.75) is 58.9 Å². The molecule has 1 aliphatic carbocycles. The zero-order valence-corrected chi connectivity index (χ0v) is 13.3. The van der Waals surface area contributed by atoms with E-state index >= 15 is 0 Å². The van der Waals surface area contributed by atoms with E-state index in [1.807, 2.05) is 0 Å². The van der Waals surface area contributed by atoms with Gasteiger partial charge in [-0.25, -0.2) is 0 Å². The number of nitrogens with one attached hydrogen (secondary N) is 1. The molecule has 0 radical (unpaired) electrons. The molecule has 19 heavy (non-hydrogen) atoms. The molecule has 1 rings (SSSR count). The Hall–Kier alpha value is -0.120. The van der Waals surface area contributed by atoms with Crippen LogP contribution in [0, 0.1) is 11.3 Å². The smallest absolute Gasteiger partial charge is 0.0700 e. The maximum Gasteiger partial charge on any atom is 0.0700 e. The molecule has 0 amide bonds. The van der Waals surface area contributed by atoms with Crippen LogP contribution in [0.3, 0.4) is 0 Å². The van der Waals surface area contributed by atoms with Gasteiger partial charge in [-0.1, -0.05) is 33.6 Å². The zero-order chi connectivity index (χ0) is 14.1. The van der Waals surface area contributed by atoms with Crippen LogP contribution in [0.5, 0.6) is 0 Å². The summed E-state index contributed by atoms with van der Waals surface area (Å²) < 4.78 is 10.4. The van der Waals surface area contributed by atoms with E-state index < -0.39 is 0 Å². The molecule has 1 N–H and O–H groups in total. The third kappa shape index (κ3) is 6.73. The highest BCUT2D eigenvalue weighted by Gasteiger charge is 2.33. The monoisotopic (exact) mass is 271 g/mol. The van der Waals surface area contributed by atoms with Gasteiger partial charge in [-0.15, -0.1) is 0 Å². The average Bonchev–Trinajstić information content (AvgIpc) is 2.37. The molecule has 0 aromatic carbocycles. The lowest BCUT2D eigenvalue weighted by Gasteiger charge is -2.41. The van der Waals surface area contributed by atoms with Gasteiger partial charge in [0.25, 0.3) is 0 Å². The first-order valence-corrected chi connectivity index (χ1v) is 7.86. The highest BCUT2D eigenvalue weighted by Crippen LogP contribution is 2.37. The molecule has 0 heterocycles. The lowest BCUT2D eigenvalue weighted by Crippen LogP contribution is -2.44. The fraction of sp³-hybridized carbons (Fsp3) is 1.00. The van der Waals surface area contributed by atoms with Crippen molar-refractivity contribution in [1.29, 1.82) is 0 Å². The molecule has 114 valence electrons. The third-order valence-corrected chi connectivity index (χ3v) is 4.18. The molecule has 1 saturated carbocycles. The maximum atomic E-state index is 5.49. The van der Waals surface area contributed by atoms with Crippen LogP contribution in [0.1, 0.15) is 52.9 Å². The van der Waals surface area contributed by atoms with Gasteiger partial charge in [-0.3, -0.25) is 0 Å². The van der Waals surface area contributed by atoms with E-state index in [1.54, 1.807) is 7.11 Å². The molecular weight excluding hydrogens is 238 g/mol. The van der Waals surface area contributed by atoms with Gasteiger partial charge in [-0.05, 0) is 37.1 Å². The molecule has 0 aliphatic heterocycles. The Bertz CT molecular complexity index is 225. The SMILES string of the molecule is COCCOCCCNC1CCCCC1C(C)(C)C. The Kier molecular flexibility index (Phi) is 7.96. The molecule has 0 aromatic heterocycles. The van der Waals surface area contributed by atoms with Crippen LogP contribution in [0.15, 0.2) is 0 Å². The minimum absolute atomic E-state index is 0.424. The van der Waals surface area contributed by atoms with Crippen molar-refractivity contribution < 1.29 is 9.47 Å². The molecule has 3 heteroatoms. The van der Waals surface area contributed by atoms with Gasteiger partial charge in [0.05, 0.1) is 13.2 Å². The molecule has 3 nitrogen and oxygen atoms in total. The van der Waals surface area contributed by atoms with Crippen molar-refractivity contribution >= 4 is 0 Å². The summed E-state index contributed by atoms with van der Waals surface area (Å²) >= 11 is 0. The van der Waals surface area contributed by atoms with E-state index in [2.05, 4.69) is 26.1 Å². The van der Waals surface area contributed by atoms with Crippen molar-refractivity contribution in [3.8, 4) is 0 Å². The Balaban J connectivity index is 2.15. The third-order valence-electron chi connectivity index (χ3n) is 4.18. The Morgan fingerprint density at radius 3 is 2.47 bits per heavy atom. The lowest BCUT2D eigenvalue weighted by molar-refractivity contribution is 0.0676. The minimum Gasteiger partial charge on any atom is -0.382 e. The fourth-order valence-corrected chi connectivity index (χ4v) is 3.12. The average molecular weight is 271 g/mol. The van der Waals surface area contributed by atoms with E-state index in [-0.39, 0.29) is 0 Å². The first-order chi connectivity index (χ1) is 9.05. The summed E-state index contributed by atoms with van der Waals surface area (Å²) in [4.78, 5) is 0. The van der Waals surface area contributed by atoms with Gasteiger partial charge in [0.15, 0.2) is 0 Å². The van der Waals surface area contributed by atoms with Crippen molar-refractivity contribution in [2.24, 2.45) is 11.3 Å². The van der Waals surface area contributed by atoms with Crippen LogP contribution in [0.25, 0.3) is 0 Å². The molecule has 0 bridgehead atoms. The van der Waals surface area contributed by atoms with E-state index in [0.717, 1.165) is 25.5 Å². The van der Waals surface area contributed by atoms with Crippen molar-refractivity contribution in [1.82, 2.24) is 5.32 Å². The molecule has 1 aliphatic rings. The molecule has 2 unspecified atom stereocenters. The first-order valence-electron chi connectivity index (χ1n) is 7.86. The Labute approximate surface area is 119 Å². The number of methoxy groups -OCH3 is 1. The predicted molar refractivity (Wildman–Crippen MR) is 80.5 cm³/mol. The van der Waals surface area contributed by atoms with Crippen LogP contribution in [-0.2, 0) is 9.47 Å². The largest absolute Gasteiger partial charge is 0.382 e. The second-order valence-corrected chi connectivity index (χ2v) is 6.78. The summed E-state index contributed by atoms with van der Waals surface area (Å²) in [5, 5.41) is 3.76. The minimum atomic E-state index is 0.424. The number of ether oxygens (including phenoxy) is 2. The summed E-state index contributed by atoms with van der Waals surface area (Å²) in [6.45, 7) is 10.5. The quantitative estimate of drug-likeness (QED) is 0.688. The fourth-order valence-electron chi connectivity index (χ4n) is 3.12. The second-order valence-electron chi connectivity index (χ2n) is 6.78. The molecule has 0 spiro atoms. The zero-order valence-electron chi connectivity index (χ0n) is 13.3. The van der Waals surface area contributed by atoms with Gasteiger partial charge in [0, 0.05) is 19.8 Å². The van der Waals surface area contributed by atoms with Crippen molar-refractivity contribution in [2.75, 3.05) is 33.5 Å². The summed E-state index contributed by atoms with van der Waals surface area (Å²) in [5.74, 6) is 0.815. The molecule has 2 atom stereocenters. The van der Waals surface area contributed by atoms with Gasteiger partial charge in [0.2, 0.25) is 0 Å². The summed E-state index contributed by atoms with van der Waals surface area (Å²) in [7, 11) is 1.71. The van der Waals surface area contributed by atoms with Crippen LogP contribution in [0.2, 0.25) is 0 Å². The van der Waals surface area contributed by atoms with Crippen LogP contribution < -0.4 is 5.32 Å². The van der Waals surface area contributed by atoms with Gasteiger partial charge < -0.3 is 14.8 Å². The van der Waals surface area contributed by atoms with Gasteiger partial charge in [0.1, 0.15) is 0 Å². The van der Waals surface area contributed by atoms with E-state index in [9.17, 15) is 0 Å². The Morgan fingerprint density at radius 2 is 1.79 bits per heavy atom. The van der Waals surface area contributed by atoms with Crippen LogP contribution in [-0.4, -0.2) is 39.5 Å². The van der Waals surface area contributed by atoms with Gasteiger partial charge in [-0.2, -0.15) is 0 Å². The lowest BCUT2D eigenvalue weighted by atomic mass is 9.69. The van der Waals surface area contributed by atoms with E-state index in [1.165, 1.54) is 25.7 Å². The van der Waals surface area contributed by atoms with Crippen LogP contribution >= 0.6 is 0 Å². The maximum absolute atomic E-state index is 5.49. The van der Waals surface area contributed by atoms with Gasteiger partial charge >= 0.3 is 0 Å². The summed E-state index contributed by atoms with van der Waals surface area (Å²) in [6.07, 6.45) is 6.60. The van der Waals surface area contributed by atoms with Crippen molar-refractivity contribution in [3.05, 3.63) is 0 Å². The molecule has 0 aromatic rings. The highest BCUT2D eigenvalue weighted by molar-refractivity contribution is 4.88. The molecular formula is C16H33NO2. The van der Waals surface area contributed by atoms with E-state index in [0.29, 0.717) is 24.7 Å². The Morgan fingerprint density at radius 1 is 1.05 bits per heavy atom. The summed E-state index contributed by atoms with van der Waals surface area (Å²) in [5.41, 5.74) is 0.424. The highest BCUT2D eigenvalue weighted by atomic mass is 16.5. The summed E-state index contributed by atoms with van der Waals surface area (Å²) in [6, 6.07) is 0.702. The number of hydrogen-bond donors (Lipinski definition) is 1. The molecule has 1 fully saturated rings. The normalized spacial score (nSPS) is 24.6. The predicted octanol–water partition coefficient (Wildman–Crippen LogP) is 3.23. The van der Waals surface area contributed by atoms with E-state index in [4.69, 9.17) is 9.47 Å². The number of rotatable bonds is 8. The standard InChI is InChI=1S/C16H33NO2/c1-16(2,3)14-8-5-6-9-15(14)17-10-7-11-19-13-12-18-4/h14-15,17H,5-13H2,1-4H3.